The molecule has 2 atom stereocenters. The number of amidine groups is 1. The summed E-state index contributed by atoms with van der Waals surface area (Å²) < 4.78 is 14.7. The minimum Gasteiger partial charge on any atom is -0.348 e. The predicted molar refractivity (Wildman–Crippen MR) is 149 cm³/mol. The van der Waals surface area contributed by atoms with Gasteiger partial charge in [-0.2, -0.15) is 4.39 Å². The van der Waals surface area contributed by atoms with Crippen molar-refractivity contribution in [1.29, 1.82) is 0 Å². The molecule has 0 amide bonds. The van der Waals surface area contributed by atoms with Crippen molar-refractivity contribution in [3.63, 3.8) is 0 Å². The molecule has 2 unspecified atom stereocenters. The van der Waals surface area contributed by atoms with E-state index in [0.29, 0.717) is 6.54 Å². The predicted octanol–water partition coefficient (Wildman–Crippen LogP) is 8.03. The second-order valence-electron chi connectivity index (χ2n) is 10.1. The molecule has 1 N–H and O–H groups in total. The zero-order valence-electron chi connectivity index (χ0n) is 21.2. The molecule has 4 nitrogen and oxygen atoms in total. The largest absolute Gasteiger partial charge is 0.348 e. The molecule has 1 aromatic carbocycles. The molecule has 4 heterocycles. The molecular weight excluding hydrogens is 487 g/mol. The number of hydrogen-bond donors (Lipinski definition) is 1. The third-order valence-corrected chi connectivity index (χ3v) is 10.2. The van der Waals surface area contributed by atoms with E-state index >= 15 is 0 Å². The van der Waals surface area contributed by atoms with E-state index in [1.807, 2.05) is 43.7 Å². The maximum Gasteiger partial charge on any atom is 0.179 e. The van der Waals surface area contributed by atoms with Crippen LogP contribution in [0.3, 0.4) is 0 Å². The first-order valence-electron chi connectivity index (χ1n) is 12.7. The van der Waals surface area contributed by atoms with Crippen molar-refractivity contribution in [3.05, 3.63) is 83.6 Å². The van der Waals surface area contributed by atoms with Gasteiger partial charge in [-0.1, -0.05) is 18.2 Å². The summed E-state index contributed by atoms with van der Waals surface area (Å²) in [6.07, 6.45) is 6.64. The Morgan fingerprint density at radius 1 is 1.06 bits per heavy atom. The number of allylic oxidation sites excluding steroid dienone is 1. The van der Waals surface area contributed by atoms with Crippen molar-refractivity contribution in [1.82, 2.24) is 10.2 Å². The third-order valence-electron chi connectivity index (χ3n) is 7.80. The van der Waals surface area contributed by atoms with E-state index in [1.165, 1.54) is 51.5 Å². The lowest BCUT2D eigenvalue weighted by Crippen LogP contribution is -2.32. The highest BCUT2D eigenvalue weighted by Gasteiger charge is 2.34. The van der Waals surface area contributed by atoms with E-state index in [9.17, 15) is 4.39 Å². The first-order chi connectivity index (χ1) is 17.4. The number of halogens is 1. The number of nitrogens with one attached hydrogen (secondary N) is 1. The number of rotatable bonds is 4. The number of thiophene rings is 2. The molecule has 186 valence electrons. The van der Waals surface area contributed by atoms with Crippen LogP contribution in [-0.4, -0.2) is 17.1 Å². The van der Waals surface area contributed by atoms with Crippen LogP contribution < -0.4 is 5.32 Å². The number of hydrogen-bond acceptors (Lipinski definition) is 6. The highest BCUT2D eigenvalue weighted by atomic mass is 32.1. The van der Waals surface area contributed by atoms with Crippen molar-refractivity contribution in [3.8, 4) is 0 Å². The number of para-hydroxylation sites is 1. The second kappa shape index (κ2) is 9.27. The summed E-state index contributed by atoms with van der Waals surface area (Å²) in [6, 6.07) is 8.28. The first kappa shape index (κ1) is 23.6. The quantitative estimate of drug-likeness (QED) is 0.380. The van der Waals surface area contributed by atoms with E-state index in [4.69, 9.17) is 9.98 Å². The number of fused-ring (bicyclic) bond motifs is 1. The molecule has 7 heteroatoms. The van der Waals surface area contributed by atoms with E-state index in [2.05, 4.69) is 41.6 Å². The van der Waals surface area contributed by atoms with Gasteiger partial charge in [-0.15, -0.1) is 22.7 Å². The SMILES string of the molecule is CC1=NC(c2scc(C)c2CN2C=Nc3ccccc3C2c2sc(F)c(C)c2C)C2=C(CCCC2)N1. The third kappa shape index (κ3) is 3.93. The van der Waals surface area contributed by atoms with Gasteiger partial charge < -0.3 is 10.2 Å². The summed E-state index contributed by atoms with van der Waals surface area (Å²) in [5, 5.41) is 5.72. The highest BCUT2D eigenvalue weighted by molar-refractivity contribution is 7.11. The monoisotopic (exact) mass is 518 g/mol. The van der Waals surface area contributed by atoms with Gasteiger partial charge in [0.2, 0.25) is 0 Å². The molecule has 0 fully saturated rings. The molecule has 0 spiro atoms. The van der Waals surface area contributed by atoms with E-state index in [1.54, 1.807) is 0 Å². The zero-order valence-corrected chi connectivity index (χ0v) is 22.8. The minimum atomic E-state index is -0.0915. The summed E-state index contributed by atoms with van der Waals surface area (Å²) in [5.41, 5.74) is 9.32. The Labute approximate surface area is 220 Å². The van der Waals surface area contributed by atoms with E-state index in [0.717, 1.165) is 45.9 Å². The van der Waals surface area contributed by atoms with Crippen LogP contribution in [-0.2, 0) is 6.54 Å². The molecule has 0 saturated heterocycles. The lowest BCUT2D eigenvalue weighted by molar-refractivity contribution is 0.357. The van der Waals surface area contributed by atoms with Gasteiger partial charge >= 0.3 is 0 Å². The molecule has 0 bridgehead atoms. The summed E-state index contributed by atoms with van der Waals surface area (Å²) in [5.74, 6) is 1.00. The Bertz CT molecular complexity index is 1430. The standard InChI is InChI=1S/C29H31FN4S2/c1-16-14-35-28(25-20-9-5-8-12-24(20)32-19(4)33-25)22(16)13-34-15-31-23-11-7-6-10-21(23)26(34)27-17(2)18(3)29(30)36-27/h6-7,10-11,14-15,25-26H,5,8-9,12-13H2,1-4H3,(H,32,33). The molecule has 3 aromatic rings. The summed E-state index contributed by atoms with van der Waals surface area (Å²) in [6.45, 7) is 8.92. The maximum absolute atomic E-state index is 14.7. The van der Waals surface area contributed by atoms with Crippen LogP contribution >= 0.6 is 22.7 Å². The second-order valence-corrected chi connectivity index (χ2v) is 12.0. The fourth-order valence-corrected chi connectivity index (χ4v) is 8.02. The lowest BCUT2D eigenvalue weighted by atomic mass is 9.88. The zero-order chi connectivity index (χ0) is 25.0. The molecule has 36 heavy (non-hydrogen) atoms. The van der Waals surface area contributed by atoms with E-state index < -0.39 is 0 Å². The van der Waals surface area contributed by atoms with Gasteiger partial charge in [0, 0.05) is 27.6 Å². The fraction of sp³-hybridized carbons (Fsp3) is 0.379. The van der Waals surface area contributed by atoms with Gasteiger partial charge in [0.1, 0.15) is 6.04 Å². The Balaban J connectivity index is 1.43. The Morgan fingerprint density at radius 2 is 1.86 bits per heavy atom. The van der Waals surface area contributed by atoms with Crippen LogP contribution in [0, 0.1) is 25.9 Å². The lowest BCUT2D eigenvalue weighted by Gasteiger charge is -2.35. The summed E-state index contributed by atoms with van der Waals surface area (Å²) in [7, 11) is 0. The first-order valence-corrected chi connectivity index (χ1v) is 14.4. The van der Waals surface area contributed by atoms with Crippen molar-refractivity contribution in [2.75, 3.05) is 0 Å². The molecule has 0 radical (unpaired) electrons. The van der Waals surface area contributed by atoms with Crippen molar-refractivity contribution < 1.29 is 4.39 Å². The van der Waals surface area contributed by atoms with Gasteiger partial charge in [0.25, 0.3) is 0 Å². The summed E-state index contributed by atoms with van der Waals surface area (Å²) in [4.78, 5) is 14.6. The van der Waals surface area contributed by atoms with Crippen molar-refractivity contribution in [2.24, 2.45) is 9.98 Å². The Hall–Kier alpha value is -2.77. The molecule has 6 rings (SSSR count). The Morgan fingerprint density at radius 3 is 2.67 bits per heavy atom. The number of benzene rings is 1. The van der Waals surface area contributed by atoms with Gasteiger partial charge in [-0.3, -0.25) is 4.99 Å². The number of aliphatic imine (C=N–C) groups is 2. The van der Waals surface area contributed by atoms with Crippen molar-refractivity contribution >= 4 is 40.5 Å². The topological polar surface area (TPSA) is 40.0 Å². The average molecular weight is 519 g/mol. The normalized spacial score (nSPS) is 21.2. The minimum absolute atomic E-state index is 0.0678. The summed E-state index contributed by atoms with van der Waals surface area (Å²) >= 11 is 3.10. The highest BCUT2D eigenvalue weighted by Crippen LogP contribution is 2.46. The fourth-order valence-electron chi connectivity index (χ4n) is 5.70. The number of aryl methyl sites for hydroxylation is 1. The van der Waals surface area contributed by atoms with Crippen LogP contribution in [0.4, 0.5) is 10.1 Å². The van der Waals surface area contributed by atoms with Crippen LogP contribution in [0.25, 0.3) is 0 Å². The van der Waals surface area contributed by atoms with Crippen LogP contribution in [0.1, 0.15) is 82.3 Å². The van der Waals surface area contributed by atoms with Crippen molar-refractivity contribution in [2.45, 2.75) is 72.0 Å². The average Bonchev–Trinajstić information content (AvgIpc) is 3.37. The van der Waals surface area contributed by atoms with E-state index in [-0.39, 0.29) is 17.2 Å². The Kier molecular flexibility index (Phi) is 6.08. The van der Waals surface area contributed by atoms with Gasteiger partial charge in [0.15, 0.2) is 5.13 Å². The molecule has 2 aliphatic heterocycles. The van der Waals surface area contributed by atoms with Gasteiger partial charge in [-0.25, -0.2) is 4.99 Å². The molecule has 1 aliphatic carbocycles. The van der Waals surface area contributed by atoms with Gasteiger partial charge in [0.05, 0.1) is 23.9 Å². The van der Waals surface area contributed by atoms with Crippen LogP contribution in [0.15, 0.2) is 50.9 Å². The van der Waals surface area contributed by atoms with Crippen LogP contribution in [0.5, 0.6) is 0 Å². The molecule has 2 aromatic heterocycles. The van der Waals surface area contributed by atoms with Crippen LogP contribution in [0.2, 0.25) is 0 Å². The molecular formula is C29H31FN4S2. The smallest absolute Gasteiger partial charge is 0.179 e. The molecule has 0 saturated carbocycles. The maximum atomic E-state index is 14.7. The number of nitrogens with zero attached hydrogens (tertiary/aromatic N) is 3. The van der Waals surface area contributed by atoms with Gasteiger partial charge in [-0.05, 0) is 92.7 Å². The molecule has 3 aliphatic rings.